The minimum Gasteiger partial charge on any atom is -0.338 e. The zero-order valence-electron chi connectivity index (χ0n) is 11.1. The van der Waals surface area contributed by atoms with E-state index in [0.717, 1.165) is 6.42 Å². The molecule has 0 saturated heterocycles. The highest BCUT2D eigenvalue weighted by Crippen LogP contribution is 2.06. The molecule has 3 heteroatoms. The summed E-state index contributed by atoms with van der Waals surface area (Å²) < 4.78 is 0. The van der Waals surface area contributed by atoms with Gasteiger partial charge in [-0.3, -0.25) is 0 Å². The van der Waals surface area contributed by atoms with Crippen molar-refractivity contribution >= 4 is 6.03 Å². The highest BCUT2D eigenvalue weighted by atomic mass is 16.2. The van der Waals surface area contributed by atoms with Gasteiger partial charge in [0.05, 0.1) is 0 Å². The highest BCUT2D eigenvalue weighted by molar-refractivity contribution is 5.74. The van der Waals surface area contributed by atoms with E-state index in [1.807, 2.05) is 32.9 Å². The van der Waals surface area contributed by atoms with E-state index in [9.17, 15) is 4.79 Å². The Morgan fingerprint density at radius 2 is 1.88 bits per heavy atom. The predicted octanol–water partition coefficient (Wildman–Crippen LogP) is 2.64. The van der Waals surface area contributed by atoms with E-state index in [-0.39, 0.29) is 11.6 Å². The third-order valence-corrected chi connectivity index (χ3v) is 2.43. The molecule has 0 fully saturated rings. The first-order valence-electron chi connectivity index (χ1n) is 5.99. The lowest BCUT2D eigenvalue weighted by molar-refractivity contribution is 0.232. The fourth-order valence-electron chi connectivity index (χ4n) is 1.59. The fourth-order valence-corrected chi connectivity index (χ4v) is 1.59. The van der Waals surface area contributed by atoms with Gasteiger partial charge in [-0.15, -0.1) is 0 Å². The monoisotopic (exact) mass is 234 g/mol. The van der Waals surface area contributed by atoms with Gasteiger partial charge in [0, 0.05) is 12.1 Å². The van der Waals surface area contributed by atoms with Crippen molar-refractivity contribution in [3.05, 3.63) is 35.4 Å². The molecular formula is C14H22N2O. The van der Waals surface area contributed by atoms with Crippen molar-refractivity contribution in [3.63, 3.8) is 0 Å². The molecule has 2 N–H and O–H groups in total. The molecule has 0 unspecified atom stereocenters. The Morgan fingerprint density at radius 3 is 2.47 bits per heavy atom. The molecule has 17 heavy (non-hydrogen) atoms. The largest absolute Gasteiger partial charge is 0.338 e. The van der Waals surface area contributed by atoms with Crippen LogP contribution in [0.2, 0.25) is 0 Å². The minimum absolute atomic E-state index is 0.105. The molecule has 2 amide bonds. The molecule has 0 aliphatic carbocycles. The van der Waals surface area contributed by atoms with Crippen LogP contribution in [0.3, 0.4) is 0 Å². The Morgan fingerprint density at radius 1 is 1.24 bits per heavy atom. The zero-order valence-corrected chi connectivity index (χ0v) is 11.1. The summed E-state index contributed by atoms with van der Waals surface area (Å²) in [5, 5.41) is 5.73. The van der Waals surface area contributed by atoms with Crippen molar-refractivity contribution in [1.29, 1.82) is 0 Å². The van der Waals surface area contributed by atoms with E-state index in [0.29, 0.717) is 6.54 Å². The summed E-state index contributed by atoms with van der Waals surface area (Å²) in [5.74, 6) is 0. The highest BCUT2D eigenvalue weighted by Gasteiger charge is 2.12. The van der Waals surface area contributed by atoms with E-state index in [2.05, 4.69) is 29.7 Å². The van der Waals surface area contributed by atoms with Crippen LogP contribution >= 0.6 is 0 Å². The second kappa shape index (κ2) is 5.71. The maximum Gasteiger partial charge on any atom is 0.315 e. The Labute approximate surface area is 104 Å². The molecular weight excluding hydrogens is 212 g/mol. The quantitative estimate of drug-likeness (QED) is 0.829. The molecule has 0 spiro atoms. The molecule has 0 bridgehead atoms. The first-order chi connectivity index (χ1) is 7.88. The van der Waals surface area contributed by atoms with Crippen LogP contribution in [-0.2, 0) is 6.42 Å². The topological polar surface area (TPSA) is 41.1 Å². The summed E-state index contributed by atoms with van der Waals surface area (Å²) in [5.41, 5.74) is 2.36. The maximum absolute atomic E-state index is 11.5. The molecule has 0 atom stereocenters. The van der Waals surface area contributed by atoms with Gasteiger partial charge in [-0.25, -0.2) is 4.79 Å². The maximum atomic E-state index is 11.5. The van der Waals surface area contributed by atoms with Gasteiger partial charge in [-0.2, -0.15) is 0 Å². The number of amides is 2. The molecule has 1 aromatic carbocycles. The van der Waals surface area contributed by atoms with Gasteiger partial charge < -0.3 is 10.6 Å². The van der Waals surface area contributed by atoms with Crippen molar-refractivity contribution in [1.82, 2.24) is 10.6 Å². The van der Waals surface area contributed by atoms with Crippen LogP contribution in [-0.4, -0.2) is 18.1 Å². The molecule has 0 aliphatic heterocycles. The molecule has 1 aromatic rings. The number of carbonyl (C=O) groups is 1. The van der Waals surface area contributed by atoms with Gasteiger partial charge in [0.1, 0.15) is 0 Å². The summed E-state index contributed by atoms with van der Waals surface area (Å²) in [4.78, 5) is 11.5. The van der Waals surface area contributed by atoms with Crippen LogP contribution in [0.5, 0.6) is 0 Å². The summed E-state index contributed by atoms with van der Waals surface area (Å²) in [7, 11) is 0. The number of hydrogen-bond donors (Lipinski definition) is 2. The molecule has 0 heterocycles. The smallest absolute Gasteiger partial charge is 0.315 e. The molecule has 0 radical (unpaired) electrons. The Hall–Kier alpha value is -1.51. The van der Waals surface area contributed by atoms with Crippen molar-refractivity contribution in [2.75, 3.05) is 6.54 Å². The van der Waals surface area contributed by atoms with Gasteiger partial charge in [0.2, 0.25) is 0 Å². The number of carbonyl (C=O) groups excluding carboxylic acids is 1. The number of benzene rings is 1. The number of urea groups is 1. The second-order valence-electron chi connectivity index (χ2n) is 5.31. The fraction of sp³-hybridized carbons (Fsp3) is 0.500. The average Bonchev–Trinajstić information content (AvgIpc) is 2.18. The summed E-state index contributed by atoms with van der Waals surface area (Å²) >= 11 is 0. The van der Waals surface area contributed by atoms with Crippen molar-refractivity contribution < 1.29 is 4.79 Å². The lowest BCUT2D eigenvalue weighted by Crippen LogP contribution is -2.46. The zero-order chi connectivity index (χ0) is 12.9. The first-order valence-corrected chi connectivity index (χ1v) is 5.99. The first kappa shape index (κ1) is 13.6. The van der Waals surface area contributed by atoms with Crippen LogP contribution in [0.1, 0.15) is 31.9 Å². The van der Waals surface area contributed by atoms with Crippen LogP contribution in [0, 0.1) is 6.92 Å². The van der Waals surface area contributed by atoms with E-state index >= 15 is 0 Å². The van der Waals surface area contributed by atoms with E-state index in [4.69, 9.17) is 0 Å². The van der Waals surface area contributed by atoms with Gasteiger partial charge in [0.15, 0.2) is 0 Å². The van der Waals surface area contributed by atoms with Crippen LogP contribution in [0.4, 0.5) is 4.79 Å². The average molecular weight is 234 g/mol. The number of hydrogen-bond acceptors (Lipinski definition) is 1. The standard InChI is InChI=1S/C14H22N2O/c1-11-7-5-6-8-12(11)9-10-15-13(17)16-14(2,3)4/h5-8H,9-10H2,1-4H3,(H2,15,16,17). The molecule has 0 saturated carbocycles. The molecule has 1 rings (SSSR count). The van der Waals surface area contributed by atoms with Crippen LogP contribution in [0.15, 0.2) is 24.3 Å². The van der Waals surface area contributed by atoms with Crippen LogP contribution in [0.25, 0.3) is 0 Å². The molecule has 3 nitrogen and oxygen atoms in total. The number of nitrogens with one attached hydrogen (secondary N) is 2. The van der Waals surface area contributed by atoms with E-state index < -0.39 is 0 Å². The van der Waals surface area contributed by atoms with E-state index in [1.54, 1.807) is 0 Å². The number of aryl methyl sites for hydroxylation is 1. The third kappa shape index (κ3) is 5.38. The Kier molecular flexibility index (Phi) is 4.55. The Bertz CT molecular complexity index is 380. The number of rotatable bonds is 3. The lowest BCUT2D eigenvalue weighted by Gasteiger charge is -2.20. The third-order valence-electron chi connectivity index (χ3n) is 2.43. The second-order valence-corrected chi connectivity index (χ2v) is 5.31. The SMILES string of the molecule is Cc1ccccc1CCNC(=O)NC(C)(C)C. The van der Waals surface area contributed by atoms with Gasteiger partial charge in [-0.1, -0.05) is 24.3 Å². The van der Waals surface area contributed by atoms with Gasteiger partial charge in [-0.05, 0) is 45.2 Å². The molecule has 94 valence electrons. The van der Waals surface area contributed by atoms with Gasteiger partial charge in [0.25, 0.3) is 0 Å². The van der Waals surface area contributed by atoms with Crippen LogP contribution < -0.4 is 10.6 Å². The predicted molar refractivity (Wildman–Crippen MR) is 71.2 cm³/mol. The lowest BCUT2D eigenvalue weighted by atomic mass is 10.1. The summed E-state index contributed by atoms with van der Waals surface area (Å²) in [6, 6.07) is 8.13. The van der Waals surface area contributed by atoms with Crippen molar-refractivity contribution in [3.8, 4) is 0 Å². The van der Waals surface area contributed by atoms with Gasteiger partial charge >= 0.3 is 6.03 Å². The minimum atomic E-state index is -0.188. The van der Waals surface area contributed by atoms with Crippen molar-refractivity contribution in [2.45, 2.75) is 39.7 Å². The molecule has 0 aromatic heterocycles. The summed E-state index contributed by atoms with van der Waals surface area (Å²) in [6.07, 6.45) is 0.865. The van der Waals surface area contributed by atoms with E-state index in [1.165, 1.54) is 11.1 Å². The Balaban J connectivity index is 2.34. The van der Waals surface area contributed by atoms with Crippen molar-refractivity contribution in [2.24, 2.45) is 0 Å². The molecule has 0 aliphatic rings. The normalized spacial score (nSPS) is 11.1. The summed E-state index contributed by atoms with van der Waals surface area (Å²) in [6.45, 7) is 8.65.